The number of para-hydroxylation sites is 1. The van der Waals surface area contributed by atoms with Crippen molar-refractivity contribution >= 4 is 22.9 Å². The zero-order valence-corrected chi connectivity index (χ0v) is 21.0. The summed E-state index contributed by atoms with van der Waals surface area (Å²) < 4.78 is 13.3. The van der Waals surface area contributed by atoms with E-state index in [1.807, 2.05) is 45.0 Å². The smallest absolute Gasteiger partial charge is 0.407 e. The average molecular weight is 493 g/mol. The maximum absolute atomic E-state index is 13.3. The number of rotatable bonds is 6. The van der Waals surface area contributed by atoms with Crippen LogP contribution in [0.25, 0.3) is 22.2 Å². The number of nitrogens with zero attached hydrogens (tertiary/aromatic N) is 3. The van der Waals surface area contributed by atoms with E-state index in [4.69, 9.17) is 0 Å². The van der Waals surface area contributed by atoms with Gasteiger partial charge in [0.2, 0.25) is 5.95 Å². The largest absolute Gasteiger partial charge is 0.465 e. The molecule has 4 rings (SSSR count). The Morgan fingerprint density at radius 1 is 1.08 bits per heavy atom. The first-order valence-corrected chi connectivity index (χ1v) is 12.4. The molecule has 0 unspecified atom stereocenters. The van der Waals surface area contributed by atoms with Gasteiger partial charge in [0.1, 0.15) is 0 Å². The molecule has 2 N–H and O–H groups in total. The molecule has 0 bridgehead atoms. The van der Waals surface area contributed by atoms with Crippen LogP contribution < -0.4 is 5.32 Å². The van der Waals surface area contributed by atoms with Crippen molar-refractivity contribution in [3.63, 3.8) is 0 Å². The second-order valence-corrected chi connectivity index (χ2v) is 10.6. The summed E-state index contributed by atoms with van der Waals surface area (Å²) in [6.45, 7) is 6.87. The van der Waals surface area contributed by atoms with E-state index in [1.165, 1.54) is 17.2 Å². The Labute approximate surface area is 210 Å². The van der Waals surface area contributed by atoms with Crippen LogP contribution in [-0.4, -0.2) is 50.6 Å². The number of fused-ring (bicyclic) bond motifs is 1. The van der Waals surface area contributed by atoms with Crippen LogP contribution >= 0.6 is 0 Å². The number of nitrogens with one attached hydrogen (secondary N) is 1. The van der Waals surface area contributed by atoms with Crippen LogP contribution in [0, 0.1) is 17.8 Å². The molecule has 1 aromatic carbocycles. The minimum Gasteiger partial charge on any atom is -0.465 e. The molecule has 190 valence electrons. The molecule has 1 aliphatic rings. The predicted molar refractivity (Wildman–Crippen MR) is 137 cm³/mol. The Morgan fingerprint density at radius 2 is 1.78 bits per heavy atom. The molecular weight excluding hydrogens is 459 g/mol. The predicted octanol–water partition coefficient (Wildman–Crippen LogP) is 5.75. The van der Waals surface area contributed by atoms with E-state index in [0.29, 0.717) is 47.3 Å². The highest BCUT2D eigenvalue weighted by Crippen LogP contribution is 2.31. The van der Waals surface area contributed by atoms with Crippen LogP contribution in [0.15, 0.2) is 48.7 Å². The molecule has 2 aromatic heterocycles. The van der Waals surface area contributed by atoms with Crippen molar-refractivity contribution in [2.75, 3.05) is 13.1 Å². The van der Waals surface area contributed by atoms with E-state index in [2.05, 4.69) is 15.3 Å². The molecule has 2 heterocycles. The molecule has 0 radical (unpaired) electrons. The van der Waals surface area contributed by atoms with Crippen LogP contribution in [-0.2, 0) is 0 Å². The van der Waals surface area contributed by atoms with Crippen molar-refractivity contribution in [1.29, 1.82) is 0 Å². The molecule has 36 heavy (non-hydrogen) atoms. The molecular formula is C28H33FN4O3. The van der Waals surface area contributed by atoms with Gasteiger partial charge in [0, 0.05) is 35.8 Å². The Balaban J connectivity index is 1.41. The third kappa shape index (κ3) is 5.98. The van der Waals surface area contributed by atoms with Gasteiger partial charge in [-0.25, -0.2) is 14.8 Å². The van der Waals surface area contributed by atoms with Gasteiger partial charge in [0.15, 0.2) is 0 Å². The Hall–Kier alpha value is -3.55. The number of carboxylic acid groups (broad SMARTS) is 1. The van der Waals surface area contributed by atoms with Gasteiger partial charge in [0.25, 0.3) is 5.91 Å². The number of amides is 2. The summed E-state index contributed by atoms with van der Waals surface area (Å²) >= 11 is 0. The van der Waals surface area contributed by atoms with Gasteiger partial charge >= 0.3 is 6.09 Å². The standard InChI is InChI=1S/C28H33FN4O3/c1-28(2,3)33(27(35)36)17-19-10-8-18(9-11-19)15-31-26(34)22-14-24(20-12-13-25(29)30-16-20)32-23-7-5-4-6-21(22)23/h4-7,12-14,16,18-19H,8-11,15,17H2,1-3H3,(H,31,34)(H,35,36)/t18-,19-. The van der Waals surface area contributed by atoms with Crippen molar-refractivity contribution in [2.24, 2.45) is 11.8 Å². The minimum absolute atomic E-state index is 0.170. The highest BCUT2D eigenvalue weighted by molar-refractivity contribution is 6.07. The topological polar surface area (TPSA) is 95.4 Å². The first-order chi connectivity index (χ1) is 17.1. The number of hydrogen-bond acceptors (Lipinski definition) is 4. The Bertz CT molecular complexity index is 1230. The molecule has 3 aromatic rings. The fourth-order valence-electron chi connectivity index (χ4n) is 4.89. The van der Waals surface area contributed by atoms with E-state index in [1.54, 1.807) is 12.1 Å². The number of aromatic nitrogens is 2. The summed E-state index contributed by atoms with van der Waals surface area (Å²) in [6, 6.07) is 12.1. The molecule has 1 fully saturated rings. The Morgan fingerprint density at radius 3 is 2.42 bits per heavy atom. The van der Waals surface area contributed by atoms with E-state index in [0.717, 1.165) is 31.1 Å². The zero-order chi connectivity index (χ0) is 25.9. The summed E-state index contributed by atoms with van der Waals surface area (Å²) in [5.41, 5.74) is 1.99. The SMILES string of the molecule is CC(C)(C)N(C[C@H]1CC[C@H](CNC(=O)c2cc(-c3ccc(F)nc3)nc3ccccc23)CC1)C(=O)O. The lowest BCUT2D eigenvalue weighted by Gasteiger charge is -2.38. The van der Waals surface area contributed by atoms with E-state index >= 15 is 0 Å². The summed E-state index contributed by atoms with van der Waals surface area (Å²) in [4.78, 5) is 34.8. The van der Waals surface area contributed by atoms with Gasteiger partial charge in [-0.3, -0.25) is 4.79 Å². The highest BCUT2D eigenvalue weighted by Gasteiger charge is 2.31. The molecule has 7 nitrogen and oxygen atoms in total. The van der Waals surface area contributed by atoms with Crippen LogP contribution in [0.1, 0.15) is 56.8 Å². The lowest BCUT2D eigenvalue weighted by molar-refractivity contribution is 0.0786. The number of hydrogen-bond donors (Lipinski definition) is 2. The maximum Gasteiger partial charge on any atom is 0.407 e. The summed E-state index contributed by atoms with van der Waals surface area (Å²) in [5, 5.41) is 13.4. The monoisotopic (exact) mass is 492 g/mol. The summed E-state index contributed by atoms with van der Waals surface area (Å²) in [7, 11) is 0. The highest BCUT2D eigenvalue weighted by atomic mass is 19.1. The van der Waals surface area contributed by atoms with Crippen molar-refractivity contribution in [1.82, 2.24) is 20.2 Å². The summed E-state index contributed by atoms with van der Waals surface area (Å²) in [6.07, 6.45) is 4.33. The second kappa shape index (κ2) is 10.6. The summed E-state index contributed by atoms with van der Waals surface area (Å²) in [5.74, 6) is -0.0478. The van der Waals surface area contributed by atoms with Gasteiger partial charge in [-0.15, -0.1) is 0 Å². The van der Waals surface area contributed by atoms with E-state index < -0.39 is 17.6 Å². The molecule has 0 spiro atoms. The number of carbonyl (C=O) groups is 2. The lowest BCUT2D eigenvalue weighted by Crippen LogP contribution is -2.47. The number of carbonyl (C=O) groups excluding carboxylic acids is 1. The molecule has 0 atom stereocenters. The first-order valence-electron chi connectivity index (χ1n) is 12.4. The van der Waals surface area contributed by atoms with Gasteiger partial charge in [-0.05, 0) is 82.6 Å². The van der Waals surface area contributed by atoms with Gasteiger partial charge in [-0.2, -0.15) is 4.39 Å². The third-order valence-corrected chi connectivity index (χ3v) is 6.98. The van der Waals surface area contributed by atoms with Crippen LogP contribution in [0.3, 0.4) is 0 Å². The number of benzene rings is 1. The van der Waals surface area contributed by atoms with Crippen LogP contribution in [0.5, 0.6) is 0 Å². The average Bonchev–Trinajstić information content (AvgIpc) is 2.85. The fourth-order valence-corrected chi connectivity index (χ4v) is 4.89. The molecule has 2 amide bonds. The molecule has 0 aliphatic heterocycles. The minimum atomic E-state index is -0.878. The van der Waals surface area contributed by atoms with Gasteiger partial charge in [-0.1, -0.05) is 18.2 Å². The van der Waals surface area contributed by atoms with Crippen molar-refractivity contribution in [3.8, 4) is 11.3 Å². The van der Waals surface area contributed by atoms with Crippen molar-refractivity contribution < 1.29 is 19.1 Å². The van der Waals surface area contributed by atoms with Crippen molar-refractivity contribution in [2.45, 2.75) is 52.0 Å². The third-order valence-electron chi connectivity index (χ3n) is 6.98. The number of pyridine rings is 2. The second-order valence-electron chi connectivity index (χ2n) is 10.6. The van der Waals surface area contributed by atoms with Gasteiger partial charge in [0.05, 0.1) is 16.8 Å². The first kappa shape index (κ1) is 25.5. The molecule has 0 saturated heterocycles. The van der Waals surface area contributed by atoms with Crippen LogP contribution in [0.4, 0.5) is 9.18 Å². The van der Waals surface area contributed by atoms with Crippen LogP contribution in [0.2, 0.25) is 0 Å². The Kier molecular flexibility index (Phi) is 7.52. The van der Waals surface area contributed by atoms with Gasteiger partial charge < -0.3 is 15.3 Å². The molecule has 1 saturated carbocycles. The van der Waals surface area contributed by atoms with E-state index in [9.17, 15) is 19.1 Å². The van der Waals surface area contributed by atoms with Crippen molar-refractivity contribution in [3.05, 3.63) is 60.2 Å². The fraction of sp³-hybridized carbons (Fsp3) is 0.429. The lowest BCUT2D eigenvalue weighted by atomic mass is 9.81. The quantitative estimate of drug-likeness (QED) is 0.427. The molecule has 8 heteroatoms. The number of halogens is 1. The normalized spacial score (nSPS) is 18.1. The van der Waals surface area contributed by atoms with E-state index in [-0.39, 0.29) is 5.91 Å². The maximum atomic E-state index is 13.3. The zero-order valence-electron chi connectivity index (χ0n) is 21.0. The molecule has 1 aliphatic carbocycles.